The van der Waals surface area contributed by atoms with Gasteiger partial charge in [-0.3, -0.25) is 0 Å². The van der Waals surface area contributed by atoms with E-state index in [-0.39, 0.29) is 5.82 Å². The van der Waals surface area contributed by atoms with E-state index < -0.39 is 4.92 Å². The molecule has 48 valence electrons. The van der Waals surface area contributed by atoms with E-state index in [0.29, 0.717) is 0 Å². The fourth-order valence-electron chi connectivity index (χ4n) is 0.407. The van der Waals surface area contributed by atoms with E-state index in [1.54, 1.807) is 0 Å². The standard InChI is InChI=1S/C3H2BrN3O2/c4-6-3(7(8)9)1-2-5-6/h1-2H. The maximum atomic E-state index is 10.00. The molecule has 0 aliphatic rings. The van der Waals surface area contributed by atoms with Crippen LogP contribution in [0.15, 0.2) is 12.3 Å². The van der Waals surface area contributed by atoms with Crippen molar-refractivity contribution in [1.82, 2.24) is 8.81 Å². The molecular weight excluding hydrogens is 190 g/mol. The second-order valence-corrected chi connectivity index (χ2v) is 1.98. The van der Waals surface area contributed by atoms with Crippen molar-refractivity contribution < 1.29 is 4.92 Å². The highest BCUT2D eigenvalue weighted by atomic mass is 79.9. The summed E-state index contributed by atoms with van der Waals surface area (Å²) in [4.78, 5) is 9.47. The quantitative estimate of drug-likeness (QED) is 0.491. The van der Waals surface area contributed by atoms with Crippen molar-refractivity contribution in [2.45, 2.75) is 0 Å². The van der Waals surface area contributed by atoms with Crippen LogP contribution in [-0.4, -0.2) is 13.7 Å². The molecule has 0 atom stereocenters. The van der Waals surface area contributed by atoms with Gasteiger partial charge in [-0.05, 0) is 4.92 Å². The summed E-state index contributed by atoms with van der Waals surface area (Å²) in [6.07, 6.45) is 1.34. The molecule has 0 N–H and O–H groups in total. The first-order chi connectivity index (χ1) is 4.22. The Labute approximate surface area is 58.8 Å². The van der Waals surface area contributed by atoms with Gasteiger partial charge in [0.2, 0.25) is 16.1 Å². The zero-order valence-corrected chi connectivity index (χ0v) is 5.78. The molecule has 9 heavy (non-hydrogen) atoms. The number of nitrogens with zero attached hydrogens (tertiary/aromatic N) is 3. The summed E-state index contributed by atoms with van der Waals surface area (Å²) < 4.78 is 1.02. The lowest BCUT2D eigenvalue weighted by Gasteiger charge is -1.87. The van der Waals surface area contributed by atoms with Gasteiger partial charge in [0.05, 0.1) is 12.3 Å². The van der Waals surface area contributed by atoms with Crippen LogP contribution in [-0.2, 0) is 0 Å². The number of aromatic nitrogens is 2. The minimum atomic E-state index is -0.526. The van der Waals surface area contributed by atoms with Crippen LogP contribution in [0.4, 0.5) is 5.82 Å². The molecule has 1 rings (SSSR count). The zero-order chi connectivity index (χ0) is 6.85. The fourth-order valence-corrected chi connectivity index (χ4v) is 0.761. The molecule has 0 saturated heterocycles. The van der Waals surface area contributed by atoms with Gasteiger partial charge in [-0.1, -0.05) is 8.81 Å². The minimum absolute atomic E-state index is 0.0741. The van der Waals surface area contributed by atoms with Crippen molar-refractivity contribution >= 4 is 22.0 Å². The van der Waals surface area contributed by atoms with Crippen LogP contribution in [0.25, 0.3) is 0 Å². The van der Waals surface area contributed by atoms with E-state index in [1.807, 2.05) is 0 Å². The minimum Gasteiger partial charge on any atom is -0.358 e. The van der Waals surface area contributed by atoms with Crippen LogP contribution in [0.1, 0.15) is 0 Å². The molecule has 6 heteroatoms. The van der Waals surface area contributed by atoms with Gasteiger partial charge < -0.3 is 10.1 Å². The highest BCUT2D eigenvalue weighted by Crippen LogP contribution is 2.10. The predicted octanol–water partition coefficient (Wildman–Crippen LogP) is 0.949. The summed E-state index contributed by atoms with van der Waals surface area (Å²) in [5.41, 5.74) is 0. The highest BCUT2D eigenvalue weighted by Gasteiger charge is 2.09. The number of halogens is 1. The summed E-state index contributed by atoms with van der Waals surface area (Å²) >= 11 is 2.83. The molecule has 1 aromatic rings. The smallest absolute Gasteiger partial charge is 0.356 e. The van der Waals surface area contributed by atoms with E-state index >= 15 is 0 Å². The molecule has 0 radical (unpaired) electrons. The van der Waals surface area contributed by atoms with E-state index in [9.17, 15) is 10.1 Å². The lowest BCUT2D eigenvalue weighted by Crippen LogP contribution is -1.92. The monoisotopic (exact) mass is 191 g/mol. The molecule has 0 spiro atoms. The molecule has 5 nitrogen and oxygen atoms in total. The van der Waals surface area contributed by atoms with Crippen LogP contribution >= 0.6 is 16.1 Å². The van der Waals surface area contributed by atoms with Crippen molar-refractivity contribution in [2.24, 2.45) is 0 Å². The lowest BCUT2D eigenvalue weighted by atomic mass is 10.7. The van der Waals surface area contributed by atoms with Crippen molar-refractivity contribution in [2.75, 3.05) is 0 Å². The maximum Gasteiger partial charge on any atom is 0.356 e. The second-order valence-electron chi connectivity index (χ2n) is 1.31. The first-order valence-electron chi connectivity index (χ1n) is 2.06. The SMILES string of the molecule is O=[N+]([O-])c1ccnn1Br. The van der Waals surface area contributed by atoms with E-state index in [4.69, 9.17) is 0 Å². The second kappa shape index (κ2) is 2.14. The Balaban J connectivity index is 3.08. The summed E-state index contributed by atoms with van der Waals surface area (Å²) in [5.74, 6) is -0.0741. The molecular formula is C3H2BrN3O2. The Hall–Kier alpha value is -0.910. The Kier molecular flexibility index (Phi) is 1.48. The van der Waals surface area contributed by atoms with E-state index in [1.165, 1.54) is 12.3 Å². The van der Waals surface area contributed by atoms with Crippen molar-refractivity contribution in [3.8, 4) is 0 Å². The average molecular weight is 192 g/mol. The number of hydrogen-bond donors (Lipinski definition) is 0. The van der Waals surface area contributed by atoms with Gasteiger partial charge >= 0.3 is 5.82 Å². The summed E-state index contributed by atoms with van der Waals surface area (Å²) in [7, 11) is 0. The summed E-state index contributed by atoms with van der Waals surface area (Å²) in [6.45, 7) is 0. The predicted molar refractivity (Wildman–Crippen MR) is 33.2 cm³/mol. The first-order valence-corrected chi connectivity index (χ1v) is 2.77. The van der Waals surface area contributed by atoms with Crippen LogP contribution in [0.3, 0.4) is 0 Å². The Morgan fingerprint density at radius 1 is 1.89 bits per heavy atom. The molecule has 0 amide bonds. The average Bonchev–Trinajstić information content (AvgIpc) is 2.13. The third-order valence-corrected chi connectivity index (χ3v) is 1.31. The summed E-state index contributed by atoms with van der Waals surface area (Å²) in [5, 5.41) is 13.5. The molecule has 0 bridgehead atoms. The van der Waals surface area contributed by atoms with Crippen molar-refractivity contribution in [3.05, 3.63) is 22.4 Å². The number of nitro groups is 1. The van der Waals surface area contributed by atoms with E-state index in [0.717, 1.165) is 3.71 Å². The molecule has 0 aromatic carbocycles. The number of rotatable bonds is 1. The molecule has 0 unspecified atom stereocenters. The molecule has 1 heterocycles. The first kappa shape index (κ1) is 6.21. The van der Waals surface area contributed by atoms with Crippen molar-refractivity contribution in [1.29, 1.82) is 0 Å². The topological polar surface area (TPSA) is 61.0 Å². The normalized spacial score (nSPS) is 9.44. The lowest BCUT2D eigenvalue weighted by molar-refractivity contribution is -0.390. The highest BCUT2D eigenvalue weighted by molar-refractivity contribution is 9.08. The molecule has 0 fully saturated rings. The van der Waals surface area contributed by atoms with Crippen LogP contribution in [0, 0.1) is 10.1 Å². The zero-order valence-electron chi connectivity index (χ0n) is 4.19. The van der Waals surface area contributed by atoms with Gasteiger partial charge in [-0.15, -0.1) is 0 Å². The van der Waals surface area contributed by atoms with Crippen LogP contribution < -0.4 is 0 Å². The molecule has 0 saturated carbocycles. The Bertz CT molecular complexity index is 233. The van der Waals surface area contributed by atoms with Crippen LogP contribution in [0.2, 0.25) is 0 Å². The Morgan fingerprint density at radius 3 is 2.78 bits per heavy atom. The van der Waals surface area contributed by atoms with Gasteiger partial charge in [0.25, 0.3) is 0 Å². The van der Waals surface area contributed by atoms with E-state index in [2.05, 4.69) is 21.2 Å². The third-order valence-electron chi connectivity index (χ3n) is 0.768. The van der Waals surface area contributed by atoms with Gasteiger partial charge in [0, 0.05) is 0 Å². The molecule has 0 aliphatic heterocycles. The Morgan fingerprint density at radius 2 is 2.56 bits per heavy atom. The van der Waals surface area contributed by atoms with Gasteiger partial charge in [-0.25, -0.2) is 0 Å². The van der Waals surface area contributed by atoms with Gasteiger partial charge in [0.1, 0.15) is 0 Å². The third kappa shape index (κ3) is 1.07. The van der Waals surface area contributed by atoms with Gasteiger partial charge in [0.15, 0.2) is 0 Å². The molecule has 0 aliphatic carbocycles. The molecule has 1 aromatic heterocycles. The number of hydrogen-bond acceptors (Lipinski definition) is 3. The van der Waals surface area contributed by atoms with Crippen LogP contribution in [0.5, 0.6) is 0 Å². The van der Waals surface area contributed by atoms with Gasteiger partial charge in [-0.2, -0.15) is 0 Å². The largest absolute Gasteiger partial charge is 0.358 e. The van der Waals surface area contributed by atoms with Crippen molar-refractivity contribution in [3.63, 3.8) is 0 Å². The fraction of sp³-hybridized carbons (Fsp3) is 0. The maximum absolute atomic E-state index is 10.00. The summed E-state index contributed by atoms with van der Waals surface area (Å²) in [6, 6.07) is 1.30.